The van der Waals surface area contributed by atoms with Crippen molar-refractivity contribution in [3.8, 4) is 0 Å². The van der Waals surface area contributed by atoms with E-state index >= 15 is 0 Å². The van der Waals surface area contributed by atoms with Gasteiger partial charge in [-0.05, 0) is 36.2 Å². The minimum atomic E-state index is -0.184. The van der Waals surface area contributed by atoms with Crippen molar-refractivity contribution in [3.05, 3.63) is 60.2 Å². The van der Waals surface area contributed by atoms with Crippen molar-refractivity contribution in [2.45, 2.75) is 6.42 Å². The molecule has 0 saturated heterocycles. The zero-order valence-corrected chi connectivity index (χ0v) is 11.4. The van der Waals surface area contributed by atoms with Crippen LogP contribution in [0, 0.1) is 5.82 Å². The molecule has 1 heterocycles. The highest BCUT2D eigenvalue weighted by Gasteiger charge is 2.05. The van der Waals surface area contributed by atoms with Crippen LogP contribution in [0.5, 0.6) is 0 Å². The number of nitrogen functional groups attached to an aromatic ring is 1. The first kappa shape index (κ1) is 13.3. The molecule has 4 nitrogen and oxygen atoms in total. The van der Waals surface area contributed by atoms with Gasteiger partial charge in [0.05, 0.1) is 5.52 Å². The summed E-state index contributed by atoms with van der Waals surface area (Å²) in [6, 6.07) is 12.3. The number of benzene rings is 2. The van der Waals surface area contributed by atoms with E-state index in [0.29, 0.717) is 30.0 Å². The Bertz CT molecular complexity index is 773. The van der Waals surface area contributed by atoms with Crippen LogP contribution < -0.4 is 11.1 Å². The molecule has 0 fully saturated rings. The molecule has 2 aromatic carbocycles. The molecule has 0 unspecified atom stereocenters. The van der Waals surface area contributed by atoms with Crippen LogP contribution in [0.3, 0.4) is 0 Å². The maximum Gasteiger partial charge on any atom is 0.137 e. The summed E-state index contributed by atoms with van der Waals surface area (Å²) in [5.41, 5.74) is 7.97. The van der Waals surface area contributed by atoms with E-state index in [1.54, 1.807) is 18.2 Å². The van der Waals surface area contributed by atoms with E-state index in [1.807, 2.05) is 18.2 Å². The number of nitrogens with zero attached hydrogens (tertiary/aromatic N) is 2. The van der Waals surface area contributed by atoms with Crippen LogP contribution in [0.2, 0.25) is 0 Å². The Morgan fingerprint density at radius 3 is 2.81 bits per heavy atom. The first-order valence-corrected chi connectivity index (χ1v) is 6.71. The highest BCUT2D eigenvalue weighted by atomic mass is 19.1. The molecule has 21 heavy (non-hydrogen) atoms. The van der Waals surface area contributed by atoms with Crippen LogP contribution in [0.1, 0.15) is 5.56 Å². The Labute approximate surface area is 121 Å². The molecule has 3 rings (SSSR count). The van der Waals surface area contributed by atoms with Crippen molar-refractivity contribution in [2.75, 3.05) is 17.6 Å². The third-order valence-corrected chi connectivity index (χ3v) is 3.30. The molecule has 0 aliphatic rings. The number of hydrogen-bond acceptors (Lipinski definition) is 4. The zero-order chi connectivity index (χ0) is 14.7. The molecule has 3 aromatic rings. The number of anilines is 2. The minimum Gasteiger partial charge on any atom is -0.399 e. The zero-order valence-electron chi connectivity index (χ0n) is 11.4. The fourth-order valence-electron chi connectivity index (χ4n) is 2.23. The Hall–Kier alpha value is -2.69. The maximum absolute atomic E-state index is 13.6. The van der Waals surface area contributed by atoms with E-state index in [1.165, 1.54) is 12.4 Å². The van der Waals surface area contributed by atoms with Gasteiger partial charge in [-0.1, -0.05) is 18.2 Å². The molecule has 3 N–H and O–H groups in total. The molecular weight excluding hydrogens is 267 g/mol. The number of halogens is 1. The van der Waals surface area contributed by atoms with Crippen LogP contribution in [0.4, 0.5) is 15.9 Å². The number of nitrogens with one attached hydrogen (secondary N) is 1. The quantitative estimate of drug-likeness (QED) is 0.722. The van der Waals surface area contributed by atoms with E-state index in [-0.39, 0.29) is 5.82 Å². The Balaban J connectivity index is 1.77. The first-order valence-electron chi connectivity index (χ1n) is 6.71. The van der Waals surface area contributed by atoms with Gasteiger partial charge in [0.1, 0.15) is 18.0 Å². The number of aromatic nitrogens is 2. The number of nitrogens with two attached hydrogens (primary N) is 1. The normalized spacial score (nSPS) is 10.7. The van der Waals surface area contributed by atoms with E-state index in [4.69, 9.17) is 5.73 Å². The second kappa shape index (κ2) is 5.75. The average Bonchev–Trinajstić information content (AvgIpc) is 2.49. The lowest BCUT2D eigenvalue weighted by molar-refractivity contribution is 0.610. The topological polar surface area (TPSA) is 63.8 Å². The van der Waals surface area contributed by atoms with Gasteiger partial charge in [0.25, 0.3) is 0 Å². The van der Waals surface area contributed by atoms with Gasteiger partial charge >= 0.3 is 0 Å². The van der Waals surface area contributed by atoms with Crippen LogP contribution in [-0.2, 0) is 6.42 Å². The summed E-state index contributed by atoms with van der Waals surface area (Å²) in [6.07, 6.45) is 2.09. The lowest BCUT2D eigenvalue weighted by Gasteiger charge is -2.09. The van der Waals surface area contributed by atoms with Gasteiger partial charge in [-0.15, -0.1) is 0 Å². The highest BCUT2D eigenvalue weighted by Crippen LogP contribution is 2.21. The summed E-state index contributed by atoms with van der Waals surface area (Å²) >= 11 is 0. The van der Waals surface area contributed by atoms with Crippen molar-refractivity contribution in [1.29, 1.82) is 0 Å². The predicted octanol–water partition coefficient (Wildman–Crippen LogP) is 3.01. The summed E-state index contributed by atoms with van der Waals surface area (Å²) in [5, 5.41) is 4.08. The molecule has 1 aromatic heterocycles. The summed E-state index contributed by atoms with van der Waals surface area (Å²) in [6.45, 7) is 0.585. The van der Waals surface area contributed by atoms with E-state index < -0.39 is 0 Å². The van der Waals surface area contributed by atoms with Gasteiger partial charge in [0, 0.05) is 17.6 Å². The third kappa shape index (κ3) is 2.91. The van der Waals surface area contributed by atoms with E-state index in [9.17, 15) is 4.39 Å². The van der Waals surface area contributed by atoms with Gasteiger partial charge < -0.3 is 11.1 Å². The van der Waals surface area contributed by atoms with E-state index in [0.717, 1.165) is 10.9 Å². The second-order valence-corrected chi connectivity index (χ2v) is 4.77. The molecule has 0 atom stereocenters. The monoisotopic (exact) mass is 282 g/mol. The van der Waals surface area contributed by atoms with E-state index in [2.05, 4.69) is 15.3 Å². The molecule has 0 aliphatic heterocycles. The van der Waals surface area contributed by atoms with Crippen molar-refractivity contribution < 1.29 is 4.39 Å². The minimum absolute atomic E-state index is 0.184. The lowest BCUT2D eigenvalue weighted by Crippen LogP contribution is -2.08. The second-order valence-electron chi connectivity index (χ2n) is 4.77. The molecule has 106 valence electrons. The van der Waals surface area contributed by atoms with Crippen LogP contribution in [0.15, 0.2) is 48.8 Å². The standard InChI is InChI=1S/C16H15FN4/c17-14-4-2-1-3-11(14)7-8-19-16-13-9-12(18)5-6-15(13)20-10-21-16/h1-6,9-10H,7-8,18H2,(H,19,20,21). The highest BCUT2D eigenvalue weighted by molar-refractivity contribution is 5.91. The Kier molecular flexibility index (Phi) is 3.64. The fraction of sp³-hybridized carbons (Fsp3) is 0.125. The van der Waals surface area contributed by atoms with Crippen molar-refractivity contribution in [3.63, 3.8) is 0 Å². The lowest BCUT2D eigenvalue weighted by atomic mass is 10.1. The van der Waals surface area contributed by atoms with Gasteiger partial charge in [-0.3, -0.25) is 0 Å². The summed E-state index contributed by atoms with van der Waals surface area (Å²) < 4.78 is 13.6. The summed E-state index contributed by atoms with van der Waals surface area (Å²) in [7, 11) is 0. The van der Waals surface area contributed by atoms with Crippen LogP contribution in [0.25, 0.3) is 10.9 Å². The largest absolute Gasteiger partial charge is 0.399 e. The molecule has 0 radical (unpaired) electrons. The fourth-order valence-corrected chi connectivity index (χ4v) is 2.23. The smallest absolute Gasteiger partial charge is 0.137 e. The Morgan fingerprint density at radius 1 is 1.10 bits per heavy atom. The maximum atomic E-state index is 13.6. The van der Waals surface area contributed by atoms with Crippen LogP contribution >= 0.6 is 0 Å². The van der Waals surface area contributed by atoms with Crippen LogP contribution in [-0.4, -0.2) is 16.5 Å². The molecule has 5 heteroatoms. The average molecular weight is 282 g/mol. The summed E-state index contributed by atoms with van der Waals surface area (Å²) in [4.78, 5) is 8.43. The van der Waals surface area contributed by atoms with Gasteiger partial charge in [-0.2, -0.15) is 0 Å². The van der Waals surface area contributed by atoms with Crippen molar-refractivity contribution in [2.24, 2.45) is 0 Å². The van der Waals surface area contributed by atoms with Gasteiger partial charge in [0.2, 0.25) is 0 Å². The predicted molar refractivity (Wildman–Crippen MR) is 82.5 cm³/mol. The van der Waals surface area contributed by atoms with Crippen molar-refractivity contribution in [1.82, 2.24) is 9.97 Å². The first-order chi connectivity index (χ1) is 10.2. The number of fused-ring (bicyclic) bond motifs is 1. The molecule has 0 spiro atoms. The third-order valence-electron chi connectivity index (χ3n) is 3.30. The molecule has 0 saturated carbocycles. The SMILES string of the molecule is Nc1ccc2ncnc(NCCc3ccccc3F)c2c1. The summed E-state index contributed by atoms with van der Waals surface area (Å²) in [5.74, 6) is 0.528. The van der Waals surface area contributed by atoms with Gasteiger partial charge in [-0.25, -0.2) is 14.4 Å². The molecular formula is C16H15FN4. The molecule has 0 bridgehead atoms. The van der Waals surface area contributed by atoms with Crippen molar-refractivity contribution >= 4 is 22.4 Å². The molecule has 0 aliphatic carbocycles. The van der Waals surface area contributed by atoms with Gasteiger partial charge in [0.15, 0.2) is 0 Å². The number of hydrogen-bond donors (Lipinski definition) is 2. The Morgan fingerprint density at radius 2 is 1.95 bits per heavy atom. The molecule has 0 amide bonds. The number of rotatable bonds is 4.